The zero-order valence-electron chi connectivity index (χ0n) is 13.5. The highest BCUT2D eigenvalue weighted by Crippen LogP contribution is 2.50. The van der Waals surface area contributed by atoms with Gasteiger partial charge in [-0.25, -0.2) is 9.37 Å². The van der Waals surface area contributed by atoms with Crippen molar-refractivity contribution in [3.05, 3.63) is 40.2 Å². The third kappa shape index (κ3) is 2.46. The molecule has 0 saturated carbocycles. The molecule has 1 spiro atoms. The second kappa shape index (κ2) is 5.67. The molecule has 1 fully saturated rings. The second-order valence-electron chi connectivity index (χ2n) is 6.73. The van der Waals surface area contributed by atoms with E-state index in [2.05, 4.69) is 50.0 Å². The maximum Gasteiger partial charge on any atom is 0.222 e. The molecule has 2 N–H and O–H groups in total. The summed E-state index contributed by atoms with van der Waals surface area (Å²) in [6.07, 6.45) is 3.25. The summed E-state index contributed by atoms with van der Waals surface area (Å²) in [4.78, 5) is 12.2. The molecule has 0 amide bonds. The van der Waals surface area contributed by atoms with Crippen molar-refractivity contribution in [1.29, 1.82) is 0 Å². The Balaban J connectivity index is 1.83. The van der Waals surface area contributed by atoms with Gasteiger partial charge >= 0.3 is 0 Å². The number of likely N-dealkylation sites (tertiary alicyclic amines) is 1. The van der Waals surface area contributed by atoms with Crippen LogP contribution in [-0.4, -0.2) is 41.5 Å². The first-order valence-corrected chi connectivity index (χ1v) is 8.82. The number of anilines is 3. The van der Waals surface area contributed by atoms with E-state index >= 15 is 0 Å². The van der Waals surface area contributed by atoms with Crippen LogP contribution in [-0.2, 0) is 5.41 Å². The summed E-state index contributed by atoms with van der Waals surface area (Å²) < 4.78 is 15.4. The molecule has 1 aromatic carbocycles. The summed E-state index contributed by atoms with van der Waals surface area (Å²) in [6.45, 7) is 2.80. The average molecular weight is 392 g/mol. The summed E-state index contributed by atoms with van der Waals surface area (Å²) in [7, 11) is 2.15. The third-order valence-electron chi connectivity index (χ3n) is 5.23. The Hall–Kier alpha value is -1.73. The van der Waals surface area contributed by atoms with Gasteiger partial charge in [-0.05, 0) is 50.7 Å². The van der Waals surface area contributed by atoms with E-state index in [0.29, 0.717) is 0 Å². The van der Waals surface area contributed by atoms with Crippen molar-refractivity contribution in [2.45, 2.75) is 18.3 Å². The lowest BCUT2D eigenvalue weighted by molar-refractivity contribution is 0.198. The smallest absolute Gasteiger partial charge is 0.222 e. The Morgan fingerprint density at radius 2 is 2.04 bits per heavy atom. The molecular formula is C17H19BrFN5. The van der Waals surface area contributed by atoms with Crippen LogP contribution in [0.1, 0.15) is 18.4 Å². The number of nitrogen functional groups attached to an aromatic ring is 1. The van der Waals surface area contributed by atoms with Gasteiger partial charge in [0.15, 0.2) is 11.6 Å². The summed E-state index contributed by atoms with van der Waals surface area (Å²) in [5.41, 5.74) is 8.02. The van der Waals surface area contributed by atoms with Crippen molar-refractivity contribution in [2.24, 2.45) is 0 Å². The number of hydrogen-bond donors (Lipinski definition) is 1. The normalized spacial score (nSPS) is 19.7. The lowest BCUT2D eigenvalue weighted by Gasteiger charge is -2.38. The maximum atomic E-state index is 14.4. The molecule has 1 saturated heterocycles. The minimum Gasteiger partial charge on any atom is -0.368 e. The van der Waals surface area contributed by atoms with Gasteiger partial charge in [-0.1, -0.05) is 22.0 Å². The Morgan fingerprint density at radius 3 is 2.79 bits per heavy atom. The average Bonchev–Trinajstić information content (AvgIpc) is 2.86. The highest BCUT2D eigenvalue weighted by Gasteiger charge is 2.45. The molecule has 3 heterocycles. The molecule has 2 aromatic rings. The molecule has 0 bridgehead atoms. The monoisotopic (exact) mass is 391 g/mol. The van der Waals surface area contributed by atoms with Gasteiger partial charge in [0.05, 0.1) is 6.20 Å². The fourth-order valence-electron chi connectivity index (χ4n) is 3.87. The lowest BCUT2D eigenvalue weighted by Crippen LogP contribution is -2.43. The number of hydrogen-bond acceptors (Lipinski definition) is 5. The Bertz CT molecular complexity index is 789. The van der Waals surface area contributed by atoms with Gasteiger partial charge in [-0.15, -0.1) is 0 Å². The van der Waals surface area contributed by atoms with Crippen molar-refractivity contribution >= 4 is 33.4 Å². The zero-order chi connectivity index (χ0) is 16.9. The molecule has 0 aliphatic carbocycles. The minimum atomic E-state index is -0.444. The molecule has 2 aliphatic rings. The molecule has 126 valence electrons. The molecule has 4 rings (SSSR count). The third-order valence-corrected chi connectivity index (χ3v) is 5.72. The number of nitrogens with zero attached hydrogens (tertiary/aromatic N) is 4. The number of piperidine rings is 1. The van der Waals surface area contributed by atoms with E-state index in [1.165, 1.54) is 5.56 Å². The number of nitrogens with two attached hydrogens (primary N) is 1. The predicted molar refractivity (Wildman–Crippen MR) is 96.0 cm³/mol. The Morgan fingerprint density at radius 1 is 1.29 bits per heavy atom. The minimum absolute atomic E-state index is 0.0364. The summed E-state index contributed by atoms with van der Waals surface area (Å²) in [6, 6.07) is 6.26. The van der Waals surface area contributed by atoms with Gasteiger partial charge in [-0.3, -0.25) is 0 Å². The molecule has 0 unspecified atom stereocenters. The number of benzene rings is 1. The largest absolute Gasteiger partial charge is 0.368 e. The van der Waals surface area contributed by atoms with Gasteiger partial charge in [0, 0.05) is 22.1 Å². The Kier molecular flexibility index (Phi) is 3.73. The van der Waals surface area contributed by atoms with Crippen LogP contribution in [0.4, 0.5) is 21.8 Å². The van der Waals surface area contributed by atoms with E-state index in [-0.39, 0.29) is 17.2 Å². The molecular weight excluding hydrogens is 373 g/mol. The molecule has 24 heavy (non-hydrogen) atoms. The van der Waals surface area contributed by atoms with Crippen molar-refractivity contribution in [3.63, 3.8) is 0 Å². The topological polar surface area (TPSA) is 58.3 Å². The van der Waals surface area contributed by atoms with E-state index in [9.17, 15) is 4.39 Å². The van der Waals surface area contributed by atoms with Gasteiger partial charge in [-0.2, -0.15) is 4.98 Å². The fraction of sp³-hybridized carbons (Fsp3) is 0.412. The van der Waals surface area contributed by atoms with Crippen LogP contribution in [0, 0.1) is 5.82 Å². The van der Waals surface area contributed by atoms with E-state index in [1.807, 2.05) is 11.0 Å². The first kappa shape index (κ1) is 15.8. The van der Waals surface area contributed by atoms with Crippen LogP contribution in [0.3, 0.4) is 0 Å². The predicted octanol–water partition coefficient (Wildman–Crippen LogP) is 3.08. The second-order valence-corrected chi connectivity index (χ2v) is 7.65. The van der Waals surface area contributed by atoms with Gasteiger partial charge in [0.25, 0.3) is 0 Å². The number of fused-ring (bicyclic) bond motifs is 2. The molecule has 2 aliphatic heterocycles. The highest BCUT2D eigenvalue weighted by molar-refractivity contribution is 9.10. The zero-order valence-corrected chi connectivity index (χ0v) is 15.1. The highest BCUT2D eigenvalue weighted by atomic mass is 79.9. The molecule has 0 atom stereocenters. The van der Waals surface area contributed by atoms with Crippen LogP contribution in [0.5, 0.6) is 0 Å². The van der Waals surface area contributed by atoms with Gasteiger partial charge in [0.2, 0.25) is 5.95 Å². The van der Waals surface area contributed by atoms with Gasteiger partial charge < -0.3 is 15.5 Å². The van der Waals surface area contributed by atoms with Crippen molar-refractivity contribution in [1.82, 2.24) is 14.9 Å². The number of halogens is 2. The first-order chi connectivity index (χ1) is 11.5. The first-order valence-electron chi connectivity index (χ1n) is 8.03. The van der Waals surface area contributed by atoms with E-state index in [1.54, 1.807) is 0 Å². The SMILES string of the molecule is CN1CCC2(CC1)CN(c1nc(N)ncc1F)c1cc(Br)ccc12. The standard InChI is InChI=1S/C17H19BrFN5/c1-23-6-4-17(5-7-23)10-24(14-8-11(18)2-3-12(14)17)15-13(19)9-21-16(20)22-15/h2-3,8-9H,4-7,10H2,1H3,(H2,20,21,22). The van der Waals surface area contributed by atoms with Crippen LogP contribution in [0.15, 0.2) is 28.9 Å². The Labute approximate surface area is 148 Å². The van der Waals surface area contributed by atoms with Crippen molar-refractivity contribution < 1.29 is 4.39 Å². The summed E-state index contributed by atoms with van der Waals surface area (Å²) >= 11 is 3.53. The van der Waals surface area contributed by atoms with Crippen molar-refractivity contribution in [3.8, 4) is 0 Å². The summed E-state index contributed by atoms with van der Waals surface area (Å²) in [5.74, 6) is -0.0926. The van der Waals surface area contributed by atoms with Crippen LogP contribution < -0.4 is 10.6 Å². The van der Waals surface area contributed by atoms with Crippen molar-refractivity contribution in [2.75, 3.05) is 37.3 Å². The molecule has 1 aromatic heterocycles. The lowest BCUT2D eigenvalue weighted by atomic mass is 9.74. The number of aromatic nitrogens is 2. The van der Waals surface area contributed by atoms with Crippen LogP contribution in [0.2, 0.25) is 0 Å². The molecule has 0 radical (unpaired) electrons. The quantitative estimate of drug-likeness (QED) is 0.809. The van der Waals surface area contributed by atoms with E-state index < -0.39 is 5.82 Å². The van der Waals surface area contributed by atoms with Crippen LogP contribution >= 0.6 is 15.9 Å². The van der Waals surface area contributed by atoms with Gasteiger partial charge in [0.1, 0.15) is 0 Å². The molecule has 7 heteroatoms. The summed E-state index contributed by atoms with van der Waals surface area (Å²) in [5, 5.41) is 0. The molecule has 5 nitrogen and oxygen atoms in total. The fourth-order valence-corrected chi connectivity index (χ4v) is 4.22. The van der Waals surface area contributed by atoms with Crippen LogP contribution in [0.25, 0.3) is 0 Å². The van der Waals surface area contributed by atoms with E-state index in [0.717, 1.165) is 48.8 Å². The number of rotatable bonds is 1. The van der Waals surface area contributed by atoms with E-state index in [4.69, 9.17) is 5.73 Å². The maximum absolute atomic E-state index is 14.4.